The predicted octanol–water partition coefficient (Wildman–Crippen LogP) is 3.82. The number of carbonyl (C=O) groups excluding carboxylic acids is 2. The lowest BCUT2D eigenvalue weighted by molar-refractivity contribution is -0.111. The Morgan fingerprint density at radius 2 is 1.86 bits per heavy atom. The summed E-state index contributed by atoms with van der Waals surface area (Å²) in [4.78, 5) is 33.3. The summed E-state index contributed by atoms with van der Waals surface area (Å²) in [5, 5.41) is 9.73. The van der Waals surface area contributed by atoms with Crippen molar-refractivity contribution >= 4 is 50.7 Å². The van der Waals surface area contributed by atoms with Gasteiger partial charge in [-0.25, -0.2) is 18.7 Å². The summed E-state index contributed by atoms with van der Waals surface area (Å²) in [5.41, 5.74) is -0.0607. The molecule has 0 spiro atoms. The van der Waals surface area contributed by atoms with Crippen LogP contribution in [-0.4, -0.2) is 45.7 Å². The SMILES string of the molecule is C=CC(=O)Nc1cn(C)nc1Nc1ncc2sc(C(=O)c3c(F)c(OC)cc(OC)c3F)cc2n1. The van der Waals surface area contributed by atoms with E-state index in [0.29, 0.717) is 15.9 Å². The Kier molecular flexibility index (Phi) is 6.42. The lowest BCUT2D eigenvalue weighted by Gasteiger charge is -2.11. The van der Waals surface area contributed by atoms with Crippen molar-refractivity contribution in [2.75, 3.05) is 24.9 Å². The third kappa shape index (κ3) is 4.53. The topological polar surface area (TPSA) is 120 Å². The summed E-state index contributed by atoms with van der Waals surface area (Å²) in [6, 6.07) is 2.43. The number of benzene rings is 1. The normalized spacial score (nSPS) is 10.8. The highest BCUT2D eigenvalue weighted by Gasteiger charge is 2.27. The molecule has 0 bridgehead atoms. The van der Waals surface area contributed by atoms with Crippen LogP contribution in [0.5, 0.6) is 11.5 Å². The molecule has 35 heavy (non-hydrogen) atoms. The molecular weight excluding hydrogens is 482 g/mol. The minimum absolute atomic E-state index is 0.0383. The number of amides is 1. The van der Waals surface area contributed by atoms with Crippen LogP contribution in [0, 0.1) is 11.6 Å². The Bertz CT molecular complexity index is 1450. The monoisotopic (exact) mass is 500 g/mol. The van der Waals surface area contributed by atoms with Gasteiger partial charge in [-0.15, -0.1) is 11.3 Å². The number of carbonyl (C=O) groups is 2. The van der Waals surface area contributed by atoms with Gasteiger partial charge in [-0.1, -0.05) is 6.58 Å². The van der Waals surface area contributed by atoms with Gasteiger partial charge in [0.2, 0.25) is 17.6 Å². The van der Waals surface area contributed by atoms with Crippen molar-refractivity contribution in [3.05, 3.63) is 59.3 Å². The standard InChI is InChI=1S/C22H18F2N6O4S/c1-5-16(31)26-11-9-30(2)29-21(11)28-22-25-8-15-10(27-22)6-14(35-15)20(32)17-18(23)12(33-3)7-13(34-4)19(17)24/h5-9H,1H2,2-4H3,(H,26,31)(H,25,27,28,29). The van der Waals surface area contributed by atoms with Crippen LogP contribution in [0.3, 0.4) is 0 Å². The van der Waals surface area contributed by atoms with E-state index in [0.717, 1.165) is 23.5 Å². The summed E-state index contributed by atoms with van der Waals surface area (Å²) in [5.74, 6) is -3.83. The van der Waals surface area contributed by atoms with Crippen molar-refractivity contribution < 1.29 is 27.8 Å². The molecule has 4 rings (SSSR count). The van der Waals surface area contributed by atoms with E-state index >= 15 is 0 Å². The van der Waals surface area contributed by atoms with Gasteiger partial charge >= 0.3 is 0 Å². The minimum Gasteiger partial charge on any atom is -0.494 e. The maximum Gasteiger partial charge on any atom is 0.247 e. The molecule has 0 saturated carbocycles. The van der Waals surface area contributed by atoms with Gasteiger partial charge in [0, 0.05) is 13.1 Å². The summed E-state index contributed by atoms with van der Waals surface area (Å²) in [7, 11) is 4.06. The quantitative estimate of drug-likeness (QED) is 0.277. The van der Waals surface area contributed by atoms with Crippen LogP contribution in [0.4, 0.5) is 26.2 Å². The number of aryl methyl sites for hydroxylation is 1. The van der Waals surface area contributed by atoms with Gasteiger partial charge in [0.15, 0.2) is 29.0 Å². The summed E-state index contributed by atoms with van der Waals surface area (Å²) < 4.78 is 41.4. The molecular formula is C22H18F2N6O4S. The number of hydrogen-bond donors (Lipinski definition) is 2. The molecule has 10 nitrogen and oxygen atoms in total. The zero-order chi connectivity index (χ0) is 25.3. The van der Waals surface area contributed by atoms with E-state index in [2.05, 4.69) is 32.3 Å². The number of methoxy groups -OCH3 is 2. The maximum absolute atomic E-state index is 14.8. The zero-order valence-corrected chi connectivity index (χ0v) is 19.5. The molecule has 1 amide bonds. The van der Waals surface area contributed by atoms with E-state index < -0.39 is 28.9 Å². The fourth-order valence-corrected chi connectivity index (χ4v) is 4.10. The van der Waals surface area contributed by atoms with E-state index in [-0.39, 0.29) is 28.1 Å². The molecule has 4 aromatic rings. The lowest BCUT2D eigenvalue weighted by atomic mass is 10.1. The molecule has 0 unspecified atom stereocenters. The molecule has 180 valence electrons. The van der Waals surface area contributed by atoms with Gasteiger partial charge in [-0.2, -0.15) is 5.10 Å². The summed E-state index contributed by atoms with van der Waals surface area (Å²) >= 11 is 0.973. The second kappa shape index (κ2) is 9.46. The highest BCUT2D eigenvalue weighted by atomic mass is 32.1. The molecule has 3 aromatic heterocycles. The van der Waals surface area contributed by atoms with Crippen LogP contribution < -0.4 is 20.1 Å². The largest absolute Gasteiger partial charge is 0.494 e. The molecule has 0 atom stereocenters. The first-order valence-electron chi connectivity index (χ1n) is 9.91. The molecule has 0 aliphatic carbocycles. The molecule has 0 fully saturated rings. The van der Waals surface area contributed by atoms with Crippen molar-refractivity contribution in [3.63, 3.8) is 0 Å². The summed E-state index contributed by atoms with van der Waals surface area (Å²) in [6.07, 6.45) is 4.15. The molecule has 0 radical (unpaired) electrons. The number of anilines is 3. The number of rotatable bonds is 8. The Morgan fingerprint density at radius 3 is 2.49 bits per heavy atom. The van der Waals surface area contributed by atoms with Crippen molar-refractivity contribution in [2.24, 2.45) is 7.05 Å². The van der Waals surface area contributed by atoms with Gasteiger partial charge in [0.25, 0.3) is 0 Å². The second-order valence-electron chi connectivity index (χ2n) is 7.05. The third-order valence-electron chi connectivity index (χ3n) is 4.80. The first kappa shape index (κ1) is 23.8. The number of fused-ring (bicyclic) bond motifs is 1. The first-order chi connectivity index (χ1) is 16.7. The van der Waals surface area contributed by atoms with E-state index in [1.54, 1.807) is 13.2 Å². The number of aromatic nitrogens is 4. The van der Waals surface area contributed by atoms with Crippen LogP contribution in [0.2, 0.25) is 0 Å². The van der Waals surface area contributed by atoms with Gasteiger partial charge in [0.1, 0.15) is 11.3 Å². The van der Waals surface area contributed by atoms with Crippen LogP contribution in [0.15, 0.2) is 37.2 Å². The minimum atomic E-state index is -1.13. The van der Waals surface area contributed by atoms with Crippen LogP contribution in [0.1, 0.15) is 15.2 Å². The van der Waals surface area contributed by atoms with E-state index in [1.165, 1.54) is 31.2 Å². The number of ketones is 1. The number of ether oxygens (including phenoxy) is 2. The average molecular weight is 500 g/mol. The van der Waals surface area contributed by atoms with Crippen LogP contribution >= 0.6 is 11.3 Å². The van der Waals surface area contributed by atoms with E-state index in [1.807, 2.05) is 0 Å². The third-order valence-corrected chi connectivity index (χ3v) is 5.86. The second-order valence-corrected chi connectivity index (χ2v) is 8.13. The van der Waals surface area contributed by atoms with E-state index in [4.69, 9.17) is 9.47 Å². The van der Waals surface area contributed by atoms with Crippen molar-refractivity contribution in [1.29, 1.82) is 0 Å². The van der Waals surface area contributed by atoms with Crippen molar-refractivity contribution in [2.45, 2.75) is 0 Å². The molecule has 1 aromatic carbocycles. The average Bonchev–Trinajstić information content (AvgIpc) is 3.41. The Labute approximate surface area is 201 Å². The predicted molar refractivity (Wildman–Crippen MR) is 126 cm³/mol. The highest BCUT2D eigenvalue weighted by Crippen LogP contribution is 2.35. The number of hydrogen-bond acceptors (Lipinski definition) is 9. The van der Waals surface area contributed by atoms with Gasteiger partial charge in [-0.05, 0) is 12.1 Å². The van der Waals surface area contributed by atoms with Crippen LogP contribution in [-0.2, 0) is 11.8 Å². The first-order valence-corrected chi connectivity index (χ1v) is 10.7. The van der Waals surface area contributed by atoms with Gasteiger partial charge in [-0.3, -0.25) is 14.3 Å². The Hall–Kier alpha value is -4.39. The fourth-order valence-electron chi connectivity index (χ4n) is 3.18. The molecule has 0 saturated heterocycles. The number of nitrogens with one attached hydrogen (secondary N) is 2. The maximum atomic E-state index is 14.8. The van der Waals surface area contributed by atoms with Crippen molar-refractivity contribution in [3.8, 4) is 11.5 Å². The Morgan fingerprint density at radius 1 is 1.17 bits per heavy atom. The Balaban J connectivity index is 1.68. The number of halogens is 2. The fraction of sp³-hybridized carbons (Fsp3) is 0.136. The number of thiophene rings is 1. The highest BCUT2D eigenvalue weighted by molar-refractivity contribution is 7.20. The number of nitrogens with zero attached hydrogens (tertiary/aromatic N) is 4. The van der Waals surface area contributed by atoms with Crippen LogP contribution in [0.25, 0.3) is 10.2 Å². The van der Waals surface area contributed by atoms with E-state index in [9.17, 15) is 18.4 Å². The molecule has 0 aliphatic rings. The zero-order valence-electron chi connectivity index (χ0n) is 18.7. The van der Waals surface area contributed by atoms with Gasteiger partial charge in [0.05, 0.1) is 41.7 Å². The smallest absolute Gasteiger partial charge is 0.247 e. The van der Waals surface area contributed by atoms with Crippen molar-refractivity contribution in [1.82, 2.24) is 19.7 Å². The molecule has 3 heterocycles. The molecule has 0 aliphatic heterocycles. The lowest BCUT2D eigenvalue weighted by Crippen LogP contribution is -2.09. The molecule has 13 heteroatoms. The molecule has 2 N–H and O–H groups in total. The van der Waals surface area contributed by atoms with Gasteiger partial charge < -0.3 is 20.1 Å². The summed E-state index contributed by atoms with van der Waals surface area (Å²) in [6.45, 7) is 3.41.